The van der Waals surface area contributed by atoms with Crippen LogP contribution in [-0.4, -0.2) is 23.2 Å². The van der Waals surface area contributed by atoms with Gasteiger partial charge in [0.1, 0.15) is 11.6 Å². The molecule has 2 rings (SSSR count). The van der Waals surface area contributed by atoms with E-state index in [-0.39, 0.29) is 22.8 Å². The lowest BCUT2D eigenvalue weighted by atomic mass is 10.1. The minimum absolute atomic E-state index is 0.185. The van der Waals surface area contributed by atoms with Crippen LogP contribution in [0.25, 0.3) is 0 Å². The van der Waals surface area contributed by atoms with E-state index < -0.39 is 18.3 Å². The molecule has 28 heavy (non-hydrogen) atoms. The number of amides is 2. The zero-order chi connectivity index (χ0) is 21.1. The first-order valence-corrected chi connectivity index (χ1v) is 8.38. The highest BCUT2D eigenvalue weighted by Gasteiger charge is 2.31. The fourth-order valence-electron chi connectivity index (χ4n) is 2.58. The summed E-state index contributed by atoms with van der Waals surface area (Å²) in [5.74, 6) is -0.711. The Morgan fingerprint density at radius 3 is 2.39 bits per heavy atom. The molecule has 0 saturated heterocycles. The Hall–Kier alpha value is -3.10. The number of ether oxygens (including phenoxy) is 1. The van der Waals surface area contributed by atoms with E-state index in [1.165, 1.54) is 26.0 Å². The second kappa shape index (κ2) is 8.28. The number of nitrogens with one attached hydrogen (secondary N) is 2. The fraction of sp³-hybridized carbons (Fsp3) is 0.316. The maximum Gasteiger partial charge on any atom is 0.573 e. The maximum atomic E-state index is 12.5. The Morgan fingerprint density at radius 2 is 1.82 bits per heavy atom. The maximum absolute atomic E-state index is 12.5. The number of rotatable bonds is 5. The van der Waals surface area contributed by atoms with Gasteiger partial charge >= 0.3 is 6.36 Å². The van der Waals surface area contributed by atoms with Gasteiger partial charge in [-0.2, -0.15) is 0 Å². The van der Waals surface area contributed by atoms with Crippen LogP contribution in [0.3, 0.4) is 0 Å². The van der Waals surface area contributed by atoms with E-state index >= 15 is 0 Å². The number of halogens is 3. The van der Waals surface area contributed by atoms with Crippen LogP contribution in [0.2, 0.25) is 0 Å². The molecule has 150 valence electrons. The third kappa shape index (κ3) is 5.97. The number of benzene rings is 1. The van der Waals surface area contributed by atoms with Gasteiger partial charge in [0.25, 0.3) is 5.91 Å². The zero-order valence-electron chi connectivity index (χ0n) is 15.8. The van der Waals surface area contributed by atoms with E-state index in [1.54, 1.807) is 26.0 Å². The molecule has 0 bridgehead atoms. The van der Waals surface area contributed by atoms with Crippen molar-refractivity contribution in [3.05, 3.63) is 52.7 Å². The third-order valence-corrected chi connectivity index (χ3v) is 3.79. The second-order valence-electron chi connectivity index (χ2n) is 6.33. The van der Waals surface area contributed by atoms with Gasteiger partial charge in [0.05, 0.1) is 6.04 Å². The van der Waals surface area contributed by atoms with Crippen molar-refractivity contribution in [1.82, 2.24) is 10.3 Å². The van der Waals surface area contributed by atoms with Crippen molar-refractivity contribution in [3.8, 4) is 5.75 Å². The number of aryl methyl sites for hydroxylation is 2. The van der Waals surface area contributed by atoms with E-state index in [1.807, 2.05) is 0 Å². The number of aromatic nitrogens is 1. The number of nitrogens with zero attached hydrogens (tertiary/aromatic N) is 1. The summed E-state index contributed by atoms with van der Waals surface area (Å²) in [5.41, 5.74) is 1.77. The molecule has 0 aliphatic heterocycles. The largest absolute Gasteiger partial charge is 0.573 e. The summed E-state index contributed by atoms with van der Waals surface area (Å²) in [6, 6.07) is 6.68. The minimum Gasteiger partial charge on any atom is -0.406 e. The Morgan fingerprint density at radius 1 is 1.14 bits per heavy atom. The Balaban J connectivity index is 2.15. The number of pyridine rings is 1. The standard InChI is InChI=1S/C19H20F3N3O3/c1-10-7-14(5-6-16(10)28-19(20,21)22)18(27)24-12(3)15-8-11(2)23-17(9-15)25-13(4)26/h5-9,12H,1-4H3,(H,24,27)(H,23,25,26). The quantitative estimate of drug-likeness (QED) is 0.801. The molecule has 0 fully saturated rings. The molecule has 2 aromatic rings. The molecule has 1 aromatic carbocycles. The normalized spacial score (nSPS) is 12.2. The van der Waals surface area contributed by atoms with Crippen molar-refractivity contribution >= 4 is 17.6 Å². The van der Waals surface area contributed by atoms with E-state index in [4.69, 9.17) is 0 Å². The SMILES string of the molecule is CC(=O)Nc1cc(C(C)NC(=O)c2ccc(OC(F)(F)F)c(C)c2)cc(C)n1. The highest BCUT2D eigenvalue weighted by molar-refractivity contribution is 5.95. The highest BCUT2D eigenvalue weighted by Crippen LogP contribution is 2.27. The molecule has 2 amide bonds. The number of anilines is 1. The van der Waals surface area contributed by atoms with Crippen molar-refractivity contribution in [2.75, 3.05) is 5.32 Å². The molecule has 0 radical (unpaired) electrons. The van der Waals surface area contributed by atoms with E-state index in [0.717, 1.165) is 11.6 Å². The Kier molecular flexibility index (Phi) is 6.27. The van der Waals surface area contributed by atoms with Crippen LogP contribution < -0.4 is 15.4 Å². The van der Waals surface area contributed by atoms with Crippen LogP contribution in [0.1, 0.15) is 47.1 Å². The lowest BCUT2D eigenvalue weighted by Crippen LogP contribution is -2.27. The number of carbonyl (C=O) groups is 2. The van der Waals surface area contributed by atoms with Gasteiger partial charge in [0.15, 0.2) is 0 Å². The highest BCUT2D eigenvalue weighted by atomic mass is 19.4. The van der Waals surface area contributed by atoms with Crippen LogP contribution in [0.4, 0.5) is 19.0 Å². The van der Waals surface area contributed by atoms with Gasteiger partial charge in [-0.15, -0.1) is 13.2 Å². The van der Waals surface area contributed by atoms with Crippen molar-refractivity contribution in [1.29, 1.82) is 0 Å². The van der Waals surface area contributed by atoms with Gasteiger partial charge in [-0.25, -0.2) is 4.98 Å². The van der Waals surface area contributed by atoms with Gasteiger partial charge in [-0.05, 0) is 62.2 Å². The van der Waals surface area contributed by atoms with E-state index in [2.05, 4.69) is 20.4 Å². The van der Waals surface area contributed by atoms with Crippen LogP contribution >= 0.6 is 0 Å². The van der Waals surface area contributed by atoms with Crippen LogP contribution in [-0.2, 0) is 4.79 Å². The first-order chi connectivity index (χ1) is 12.9. The zero-order valence-corrected chi connectivity index (χ0v) is 15.8. The summed E-state index contributed by atoms with van der Waals surface area (Å²) in [7, 11) is 0. The molecule has 1 unspecified atom stereocenters. The molecule has 9 heteroatoms. The summed E-state index contributed by atoms with van der Waals surface area (Å²) >= 11 is 0. The van der Waals surface area contributed by atoms with Crippen molar-refractivity contribution in [2.24, 2.45) is 0 Å². The van der Waals surface area contributed by atoms with E-state index in [9.17, 15) is 22.8 Å². The van der Waals surface area contributed by atoms with Crippen LogP contribution in [0.5, 0.6) is 5.75 Å². The summed E-state index contributed by atoms with van der Waals surface area (Å²) in [5, 5.41) is 5.36. The molecule has 1 aromatic heterocycles. The predicted molar refractivity (Wildman–Crippen MR) is 97.0 cm³/mol. The number of alkyl halides is 3. The topological polar surface area (TPSA) is 80.3 Å². The third-order valence-electron chi connectivity index (χ3n) is 3.79. The van der Waals surface area contributed by atoms with E-state index in [0.29, 0.717) is 11.5 Å². The first-order valence-electron chi connectivity index (χ1n) is 8.38. The first kappa shape index (κ1) is 21.2. The molecule has 2 N–H and O–H groups in total. The van der Waals surface area contributed by atoms with Gasteiger partial charge in [-0.1, -0.05) is 0 Å². The molecule has 6 nitrogen and oxygen atoms in total. The molecular weight excluding hydrogens is 375 g/mol. The molecule has 0 spiro atoms. The van der Waals surface area contributed by atoms with Crippen molar-refractivity contribution in [2.45, 2.75) is 40.1 Å². The fourth-order valence-corrected chi connectivity index (χ4v) is 2.58. The summed E-state index contributed by atoms with van der Waals surface area (Å²) in [6.07, 6.45) is -4.80. The van der Waals surface area contributed by atoms with Crippen LogP contribution in [0, 0.1) is 13.8 Å². The number of hydrogen-bond acceptors (Lipinski definition) is 4. The average molecular weight is 395 g/mol. The molecule has 0 aliphatic carbocycles. The minimum atomic E-state index is -4.80. The molecule has 1 heterocycles. The van der Waals surface area contributed by atoms with Gasteiger partial charge in [-0.3, -0.25) is 9.59 Å². The molecule has 1 atom stereocenters. The van der Waals surface area contributed by atoms with Crippen LogP contribution in [0.15, 0.2) is 30.3 Å². The second-order valence-corrected chi connectivity index (χ2v) is 6.33. The lowest BCUT2D eigenvalue weighted by molar-refractivity contribution is -0.274. The summed E-state index contributed by atoms with van der Waals surface area (Å²) in [4.78, 5) is 27.9. The van der Waals surface area contributed by atoms with Gasteiger partial charge in [0.2, 0.25) is 5.91 Å². The number of hydrogen-bond donors (Lipinski definition) is 2. The summed E-state index contributed by atoms with van der Waals surface area (Å²) < 4.78 is 41.0. The van der Waals surface area contributed by atoms with Crippen molar-refractivity contribution in [3.63, 3.8) is 0 Å². The Bertz CT molecular complexity index is 898. The smallest absolute Gasteiger partial charge is 0.406 e. The van der Waals surface area contributed by atoms with Crippen molar-refractivity contribution < 1.29 is 27.5 Å². The van der Waals surface area contributed by atoms with Gasteiger partial charge in [0, 0.05) is 18.2 Å². The monoisotopic (exact) mass is 395 g/mol. The van der Waals surface area contributed by atoms with Gasteiger partial charge < -0.3 is 15.4 Å². The molecule has 0 aliphatic rings. The number of carbonyl (C=O) groups excluding carboxylic acids is 2. The predicted octanol–water partition coefficient (Wildman–Crippen LogP) is 4.05. The lowest BCUT2D eigenvalue weighted by Gasteiger charge is -2.17. The molecule has 0 saturated carbocycles. The summed E-state index contributed by atoms with van der Waals surface area (Å²) in [6.45, 7) is 6.29. The average Bonchev–Trinajstić information content (AvgIpc) is 2.54. The molecular formula is C19H20F3N3O3. The Labute approximate surface area is 160 Å².